The molecule has 0 amide bonds. The zero-order chi connectivity index (χ0) is 23.2. The molecule has 0 bridgehead atoms. The van der Waals surface area contributed by atoms with Gasteiger partial charge in [0.1, 0.15) is 0 Å². The quantitative estimate of drug-likeness (QED) is 0.606. The molecule has 2 aliphatic rings. The van der Waals surface area contributed by atoms with Crippen LogP contribution < -0.4 is 0 Å². The molecule has 0 radical (unpaired) electrons. The van der Waals surface area contributed by atoms with E-state index in [4.69, 9.17) is 0 Å². The number of carbonyl (C=O) groups excluding carboxylic acids is 2. The third-order valence-corrected chi connectivity index (χ3v) is 7.63. The summed E-state index contributed by atoms with van der Waals surface area (Å²) >= 11 is 0. The molecule has 0 spiro atoms. The van der Waals surface area contributed by atoms with Crippen molar-refractivity contribution in [3.63, 3.8) is 0 Å². The van der Waals surface area contributed by atoms with E-state index < -0.39 is 6.10 Å². The summed E-state index contributed by atoms with van der Waals surface area (Å²) in [6.45, 7) is 10.1. The standard InChI is InChI=1S/C29H34O3/c1-6-19-11-16(3)12-20(7-2)27(19)26-17(4)24-14-23(15-25(31)28(24)29(26)32)22-10-8-9-21(13-22)18(5)30/h8-13,23-25,28,31H,6-7,14-15H2,1-5H3/t23-,24-,25-,28+/m0/s1. The molecule has 3 heteroatoms. The molecule has 2 aromatic carbocycles. The van der Waals surface area contributed by atoms with Crippen LogP contribution in [-0.4, -0.2) is 22.8 Å². The summed E-state index contributed by atoms with van der Waals surface area (Å²) in [5.74, 6) is -0.00361. The average Bonchev–Trinajstić information content (AvgIpc) is 3.03. The summed E-state index contributed by atoms with van der Waals surface area (Å²) in [6.07, 6.45) is 2.49. The van der Waals surface area contributed by atoms with E-state index in [1.807, 2.05) is 24.3 Å². The molecule has 32 heavy (non-hydrogen) atoms. The fourth-order valence-corrected chi connectivity index (χ4v) is 6.03. The number of aliphatic hydroxyl groups excluding tert-OH is 1. The Hall–Kier alpha value is -2.52. The van der Waals surface area contributed by atoms with Crippen molar-refractivity contribution >= 4 is 17.1 Å². The summed E-state index contributed by atoms with van der Waals surface area (Å²) < 4.78 is 0. The molecule has 0 aromatic heterocycles. The second-order valence-electron chi connectivity index (χ2n) is 9.64. The highest BCUT2D eigenvalue weighted by Gasteiger charge is 2.49. The van der Waals surface area contributed by atoms with Gasteiger partial charge in [-0.3, -0.25) is 9.59 Å². The minimum atomic E-state index is -0.666. The van der Waals surface area contributed by atoms with Crippen LogP contribution >= 0.6 is 0 Å². The normalized spacial score (nSPS) is 25.2. The topological polar surface area (TPSA) is 54.4 Å². The Labute approximate surface area is 191 Å². The number of aryl methyl sites for hydroxylation is 3. The first-order chi connectivity index (χ1) is 15.3. The van der Waals surface area contributed by atoms with Crippen LogP contribution in [0.1, 0.15) is 84.6 Å². The number of ketones is 2. The predicted octanol–water partition coefficient (Wildman–Crippen LogP) is 5.85. The lowest BCUT2D eigenvalue weighted by Crippen LogP contribution is -2.37. The zero-order valence-electron chi connectivity index (χ0n) is 19.9. The highest BCUT2D eigenvalue weighted by molar-refractivity contribution is 6.26. The van der Waals surface area contributed by atoms with Crippen molar-refractivity contribution in [2.24, 2.45) is 11.8 Å². The molecule has 1 N–H and O–H groups in total. The second-order valence-corrected chi connectivity index (χ2v) is 9.64. The van der Waals surface area contributed by atoms with E-state index in [2.05, 4.69) is 39.8 Å². The Bertz CT molecular complexity index is 1080. The number of Topliss-reactive ketones (excluding diaryl/α,β-unsaturated/α-hetero) is 2. The molecule has 3 nitrogen and oxygen atoms in total. The molecule has 0 saturated heterocycles. The van der Waals surface area contributed by atoms with Crippen LogP contribution in [0.2, 0.25) is 0 Å². The molecular weight excluding hydrogens is 396 g/mol. The summed E-state index contributed by atoms with van der Waals surface area (Å²) in [4.78, 5) is 25.6. The van der Waals surface area contributed by atoms with Crippen molar-refractivity contribution in [1.29, 1.82) is 0 Å². The number of carbonyl (C=O) groups is 2. The minimum Gasteiger partial charge on any atom is -0.392 e. The first kappa shape index (κ1) is 22.7. The van der Waals surface area contributed by atoms with E-state index in [1.54, 1.807) is 6.92 Å². The van der Waals surface area contributed by atoms with Gasteiger partial charge in [0.05, 0.1) is 12.0 Å². The summed E-state index contributed by atoms with van der Waals surface area (Å²) in [7, 11) is 0. The van der Waals surface area contributed by atoms with Crippen LogP contribution in [0.5, 0.6) is 0 Å². The zero-order valence-corrected chi connectivity index (χ0v) is 19.9. The van der Waals surface area contributed by atoms with Gasteiger partial charge in [0.15, 0.2) is 11.6 Å². The molecule has 1 saturated carbocycles. The van der Waals surface area contributed by atoms with Crippen molar-refractivity contribution < 1.29 is 14.7 Å². The van der Waals surface area contributed by atoms with Crippen molar-refractivity contribution in [1.82, 2.24) is 0 Å². The second kappa shape index (κ2) is 8.78. The Morgan fingerprint density at radius 2 is 1.69 bits per heavy atom. The highest BCUT2D eigenvalue weighted by Crippen LogP contribution is 2.51. The van der Waals surface area contributed by atoms with Crippen LogP contribution in [0.4, 0.5) is 0 Å². The van der Waals surface area contributed by atoms with Gasteiger partial charge in [-0.05, 0) is 86.6 Å². The lowest BCUT2D eigenvalue weighted by Gasteiger charge is -2.36. The molecular formula is C29H34O3. The van der Waals surface area contributed by atoms with Crippen LogP contribution in [-0.2, 0) is 17.6 Å². The molecule has 0 aliphatic heterocycles. The maximum atomic E-state index is 13.7. The fraction of sp³-hybridized carbons (Fsp3) is 0.448. The predicted molar refractivity (Wildman–Crippen MR) is 129 cm³/mol. The Balaban J connectivity index is 1.77. The van der Waals surface area contributed by atoms with Gasteiger partial charge in [-0.2, -0.15) is 0 Å². The lowest BCUT2D eigenvalue weighted by molar-refractivity contribution is -0.123. The van der Waals surface area contributed by atoms with E-state index in [-0.39, 0.29) is 29.3 Å². The Kier molecular flexibility index (Phi) is 6.22. The first-order valence-electron chi connectivity index (χ1n) is 11.9. The Morgan fingerprint density at radius 1 is 1.03 bits per heavy atom. The number of allylic oxidation sites excluding steroid dienone is 2. The number of rotatable bonds is 5. The van der Waals surface area contributed by atoms with Crippen LogP contribution in [0.25, 0.3) is 5.57 Å². The maximum absolute atomic E-state index is 13.7. The van der Waals surface area contributed by atoms with Gasteiger partial charge in [-0.1, -0.05) is 55.3 Å². The van der Waals surface area contributed by atoms with E-state index in [1.165, 1.54) is 16.7 Å². The van der Waals surface area contributed by atoms with Crippen molar-refractivity contribution in [2.45, 2.75) is 72.3 Å². The smallest absolute Gasteiger partial charge is 0.169 e. The summed E-state index contributed by atoms with van der Waals surface area (Å²) in [5, 5.41) is 11.1. The van der Waals surface area contributed by atoms with Gasteiger partial charge in [0, 0.05) is 11.1 Å². The number of benzene rings is 2. The van der Waals surface area contributed by atoms with Gasteiger partial charge >= 0.3 is 0 Å². The van der Waals surface area contributed by atoms with E-state index >= 15 is 0 Å². The van der Waals surface area contributed by atoms with Crippen molar-refractivity contribution in [3.05, 3.63) is 75.4 Å². The minimum absolute atomic E-state index is 0.0444. The largest absolute Gasteiger partial charge is 0.392 e. The van der Waals surface area contributed by atoms with Gasteiger partial charge < -0.3 is 5.11 Å². The van der Waals surface area contributed by atoms with E-state index in [9.17, 15) is 14.7 Å². The number of hydrogen-bond donors (Lipinski definition) is 1. The molecule has 0 unspecified atom stereocenters. The Morgan fingerprint density at radius 3 is 2.28 bits per heavy atom. The average molecular weight is 431 g/mol. The molecule has 4 rings (SSSR count). The first-order valence-corrected chi connectivity index (χ1v) is 11.9. The molecule has 4 atom stereocenters. The molecule has 0 heterocycles. The maximum Gasteiger partial charge on any atom is 0.169 e. The number of fused-ring (bicyclic) bond motifs is 1. The van der Waals surface area contributed by atoms with E-state index in [0.717, 1.165) is 41.5 Å². The molecule has 168 valence electrons. The van der Waals surface area contributed by atoms with Crippen LogP contribution in [0.3, 0.4) is 0 Å². The summed E-state index contributed by atoms with van der Waals surface area (Å²) in [5.41, 5.74) is 8.56. The highest BCUT2D eigenvalue weighted by atomic mass is 16.3. The monoisotopic (exact) mass is 430 g/mol. The van der Waals surface area contributed by atoms with Gasteiger partial charge in [-0.25, -0.2) is 0 Å². The molecule has 2 aromatic rings. The van der Waals surface area contributed by atoms with E-state index in [0.29, 0.717) is 12.0 Å². The lowest BCUT2D eigenvalue weighted by atomic mass is 9.69. The van der Waals surface area contributed by atoms with Crippen molar-refractivity contribution in [3.8, 4) is 0 Å². The molecule has 1 fully saturated rings. The van der Waals surface area contributed by atoms with Crippen LogP contribution in [0.15, 0.2) is 42.0 Å². The summed E-state index contributed by atoms with van der Waals surface area (Å²) in [6, 6.07) is 12.2. The van der Waals surface area contributed by atoms with Gasteiger partial charge in [0.2, 0.25) is 0 Å². The molecule has 2 aliphatic carbocycles. The fourth-order valence-electron chi connectivity index (χ4n) is 6.03. The van der Waals surface area contributed by atoms with Crippen LogP contribution in [0, 0.1) is 18.8 Å². The third kappa shape index (κ3) is 3.77. The van der Waals surface area contributed by atoms with Gasteiger partial charge in [-0.15, -0.1) is 0 Å². The van der Waals surface area contributed by atoms with Crippen molar-refractivity contribution in [2.75, 3.05) is 0 Å². The van der Waals surface area contributed by atoms with Gasteiger partial charge in [0.25, 0.3) is 0 Å². The third-order valence-electron chi connectivity index (χ3n) is 7.63. The SMILES string of the molecule is CCc1cc(C)cc(CC)c1C1=C(C)[C@@H]2C[C@H](c3cccc(C(C)=O)c3)C[C@H](O)[C@@H]2C1=O. The number of hydrogen-bond acceptors (Lipinski definition) is 3. The number of aliphatic hydroxyl groups is 1.